The maximum absolute atomic E-state index is 13.7. The topological polar surface area (TPSA) is 58.2 Å². The molecule has 0 radical (unpaired) electrons. The van der Waals surface area contributed by atoms with Crippen LogP contribution in [0.2, 0.25) is 0 Å². The number of amides is 2. The Labute approximate surface area is 151 Å². The standard InChI is InChI=1S/C20H24F2N2O2/c1-11(18(25)24-17-3-2-15(21)7-16(17)22)23-19(26)20-8-12-4-13(9-20)6-14(5-12)10-20/h2-3,7,11-14H,4-6,8-10H2,1H3,(H,23,26)(H,24,25)/t11-,12?,13?,14?,20?/m1/s1. The lowest BCUT2D eigenvalue weighted by Gasteiger charge is -2.55. The molecule has 2 N–H and O–H groups in total. The van der Waals surface area contributed by atoms with Gasteiger partial charge in [-0.25, -0.2) is 8.78 Å². The van der Waals surface area contributed by atoms with Crippen LogP contribution in [-0.4, -0.2) is 17.9 Å². The summed E-state index contributed by atoms with van der Waals surface area (Å²) in [6.45, 7) is 1.59. The zero-order chi connectivity index (χ0) is 18.5. The second kappa shape index (κ2) is 6.32. The molecule has 1 aromatic rings. The van der Waals surface area contributed by atoms with Crippen molar-refractivity contribution in [2.24, 2.45) is 23.2 Å². The maximum atomic E-state index is 13.7. The van der Waals surface area contributed by atoms with E-state index < -0.39 is 23.6 Å². The second-order valence-electron chi connectivity index (χ2n) is 8.51. The predicted octanol–water partition coefficient (Wildman–Crippen LogP) is 3.62. The van der Waals surface area contributed by atoms with Gasteiger partial charge in [0.25, 0.3) is 0 Å². The monoisotopic (exact) mass is 362 g/mol. The van der Waals surface area contributed by atoms with Gasteiger partial charge in [0.05, 0.1) is 5.69 Å². The van der Waals surface area contributed by atoms with Crippen LogP contribution in [-0.2, 0) is 9.59 Å². The first-order valence-corrected chi connectivity index (χ1v) is 9.41. The first-order chi connectivity index (χ1) is 12.3. The molecule has 4 nitrogen and oxygen atoms in total. The van der Waals surface area contributed by atoms with Crippen molar-refractivity contribution in [3.05, 3.63) is 29.8 Å². The minimum Gasteiger partial charge on any atom is -0.344 e. The molecule has 6 heteroatoms. The number of nitrogens with one attached hydrogen (secondary N) is 2. The SMILES string of the molecule is C[C@@H](NC(=O)C12CC3CC(CC(C3)C1)C2)C(=O)Nc1ccc(F)cc1F. The van der Waals surface area contributed by atoms with Crippen molar-refractivity contribution in [2.75, 3.05) is 5.32 Å². The number of carbonyl (C=O) groups excluding carboxylic acids is 2. The fourth-order valence-corrected chi connectivity index (χ4v) is 5.64. The lowest BCUT2D eigenvalue weighted by atomic mass is 9.49. The lowest BCUT2D eigenvalue weighted by molar-refractivity contribution is -0.147. The van der Waals surface area contributed by atoms with E-state index in [1.165, 1.54) is 25.3 Å². The Morgan fingerprint density at radius 3 is 2.19 bits per heavy atom. The Hall–Kier alpha value is -1.98. The number of anilines is 1. The van der Waals surface area contributed by atoms with Crippen LogP contribution in [0.25, 0.3) is 0 Å². The molecule has 0 aromatic heterocycles. The summed E-state index contributed by atoms with van der Waals surface area (Å²) in [5, 5.41) is 5.26. The minimum atomic E-state index is -0.835. The van der Waals surface area contributed by atoms with Gasteiger partial charge in [0.2, 0.25) is 11.8 Å². The number of halogens is 2. The van der Waals surface area contributed by atoms with E-state index in [0.717, 1.165) is 25.3 Å². The van der Waals surface area contributed by atoms with Crippen molar-refractivity contribution in [2.45, 2.75) is 51.5 Å². The summed E-state index contributed by atoms with van der Waals surface area (Å²) < 4.78 is 26.7. The van der Waals surface area contributed by atoms with Gasteiger partial charge < -0.3 is 10.6 Å². The summed E-state index contributed by atoms with van der Waals surface area (Å²) in [6.07, 6.45) is 6.49. The number of hydrogen-bond donors (Lipinski definition) is 2. The van der Waals surface area contributed by atoms with Crippen LogP contribution < -0.4 is 10.6 Å². The first kappa shape index (κ1) is 17.4. The van der Waals surface area contributed by atoms with Gasteiger partial charge >= 0.3 is 0 Å². The molecule has 2 amide bonds. The molecule has 4 saturated carbocycles. The van der Waals surface area contributed by atoms with Crippen molar-refractivity contribution >= 4 is 17.5 Å². The molecule has 1 aromatic carbocycles. The van der Waals surface area contributed by atoms with Gasteiger partial charge in [-0.2, -0.15) is 0 Å². The molecule has 4 fully saturated rings. The smallest absolute Gasteiger partial charge is 0.246 e. The van der Waals surface area contributed by atoms with Crippen molar-refractivity contribution in [3.63, 3.8) is 0 Å². The molecule has 4 aliphatic rings. The van der Waals surface area contributed by atoms with E-state index in [9.17, 15) is 18.4 Å². The fraction of sp³-hybridized carbons (Fsp3) is 0.600. The molecule has 0 unspecified atom stereocenters. The van der Waals surface area contributed by atoms with Gasteiger partial charge in [0.1, 0.15) is 17.7 Å². The molecule has 5 rings (SSSR count). The van der Waals surface area contributed by atoms with Gasteiger partial charge in [0, 0.05) is 11.5 Å². The van der Waals surface area contributed by atoms with E-state index in [-0.39, 0.29) is 17.0 Å². The van der Waals surface area contributed by atoms with E-state index in [1.807, 2.05) is 0 Å². The largest absolute Gasteiger partial charge is 0.344 e. The normalized spacial score (nSPS) is 33.0. The molecule has 4 bridgehead atoms. The Morgan fingerprint density at radius 2 is 1.65 bits per heavy atom. The average molecular weight is 362 g/mol. The van der Waals surface area contributed by atoms with E-state index in [0.29, 0.717) is 23.8 Å². The van der Waals surface area contributed by atoms with Crippen LogP contribution in [0.3, 0.4) is 0 Å². The highest BCUT2D eigenvalue weighted by Gasteiger charge is 2.54. The molecule has 0 spiro atoms. The van der Waals surface area contributed by atoms with Crippen LogP contribution >= 0.6 is 0 Å². The summed E-state index contributed by atoms with van der Waals surface area (Å²) in [5.41, 5.74) is -0.419. The zero-order valence-corrected chi connectivity index (χ0v) is 14.9. The van der Waals surface area contributed by atoms with Crippen molar-refractivity contribution in [1.29, 1.82) is 0 Å². The Bertz CT molecular complexity index is 714. The third-order valence-corrected chi connectivity index (χ3v) is 6.45. The second-order valence-corrected chi connectivity index (χ2v) is 8.51. The van der Waals surface area contributed by atoms with Crippen molar-refractivity contribution in [1.82, 2.24) is 5.32 Å². The highest BCUT2D eigenvalue weighted by atomic mass is 19.1. The Balaban J connectivity index is 1.40. The Kier molecular flexibility index (Phi) is 4.24. The van der Waals surface area contributed by atoms with E-state index in [1.54, 1.807) is 6.92 Å². The molecule has 26 heavy (non-hydrogen) atoms. The van der Waals surface area contributed by atoms with Crippen LogP contribution in [0.4, 0.5) is 14.5 Å². The minimum absolute atomic E-state index is 0.0428. The van der Waals surface area contributed by atoms with Crippen molar-refractivity contribution in [3.8, 4) is 0 Å². The van der Waals surface area contributed by atoms with E-state index in [2.05, 4.69) is 10.6 Å². The zero-order valence-electron chi connectivity index (χ0n) is 14.9. The molecule has 4 aliphatic carbocycles. The summed E-state index contributed by atoms with van der Waals surface area (Å²) in [5.74, 6) is -0.160. The first-order valence-electron chi connectivity index (χ1n) is 9.41. The molecule has 0 heterocycles. The fourth-order valence-electron chi connectivity index (χ4n) is 5.64. The molecule has 0 saturated heterocycles. The quantitative estimate of drug-likeness (QED) is 0.859. The average Bonchev–Trinajstić information content (AvgIpc) is 2.56. The molecular formula is C20H24F2N2O2. The van der Waals surface area contributed by atoms with Gasteiger partial charge in [-0.1, -0.05) is 0 Å². The molecule has 1 atom stereocenters. The van der Waals surface area contributed by atoms with Gasteiger partial charge in [-0.15, -0.1) is 0 Å². The molecule has 140 valence electrons. The van der Waals surface area contributed by atoms with E-state index in [4.69, 9.17) is 0 Å². The van der Waals surface area contributed by atoms with Gasteiger partial charge in [-0.3, -0.25) is 9.59 Å². The van der Waals surface area contributed by atoms with Crippen LogP contribution in [0.5, 0.6) is 0 Å². The summed E-state index contributed by atoms with van der Waals surface area (Å²) in [7, 11) is 0. The maximum Gasteiger partial charge on any atom is 0.246 e. The van der Waals surface area contributed by atoms with Crippen LogP contribution in [0.1, 0.15) is 45.4 Å². The van der Waals surface area contributed by atoms with Gasteiger partial charge in [-0.05, 0) is 75.3 Å². The van der Waals surface area contributed by atoms with Crippen LogP contribution in [0.15, 0.2) is 18.2 Å². The number of hydrogen-bond acceptors (Lipinski definition) is 2. The molecular weight excluding hydrogens is 338 g/mol. The van der Waals surface area contributed by atoms with Gasteiger partial charge in [0.15, 0.2) is 0 Å². The lowest BCUT2D eigenvalue weighted by Crippen LogP contribution is -2.56. The highest BCUT2D eigenvalue weighted by Crippen LogP contribution is 2.60. The number of rotatable bonds is 4. The predicted molar refractivity (Wildman–Crippen MR) is 93.2 cm³/mol. The highest BCUT2D eigenvalue weighted by molar-refractivity contribution is 5.97. The van der Waals surface area contributed by atoms with Crippen molar-refractivity contribution < 1.29 is 18.4 Å². The van der Waals surface area contributed by atoms with E-state index >= 15 is 0 Å². The number of benzene rings is 1. The number of carbonyl (C=O) groups is 2. The molecule has 0 aliphatic heterocycles. The Morgan fingerprint density at radius 1 is 1.08 bits per heavy atom. The third-order valence-electron chi connectivity index (χ3n) is 6.45. The third kappa shape index (κ3) is 3.10. The summed E-state index contributed by atoms with van der Waals surface area (Å²) in [6, 6.07) is 2.20. The summed E-state index contributed by atoms with van der Waals surface area (Å²) in [4.78, 5) is 25.3. The summed E-state index contributed by atoms with van der Waals surface area (Å²) >= 11 is 0. The van der Waals surface area contributed by atoms with Crippen LogP contribution in [0, 0.1) is 34.8 Å².